The molecule has 1 atom stereocenters. The molecule has 1 unspecified atom stereocenters. The Hall–Kier alpha value is -1.49. The van der Waals surface area contributed by atoms with Crippen molar-refractivity contribution < 1.29 is 9.90 Å². The van der Waals surface area contributed by atoms with E-state index in [2.05, 4.69) is 9.97 Å². The van der Waals surface area contributed by atoms with Gasteiger partial charge in [0.25, 0.3) is 0 Å². The van der Waals surface area contributed by atoms with Gasteiger partial charge in [-0.25, -0.2) is 9.97 Å². The zero-order chi connectivity index (χ0) is 11.3. The fourth-order valence-electron chi connectivity index (χ4n) is 1.34. The molecule has 5 nitrogen and oxygen atoms in total. The van der Waals surface area contributed by atoms with Crippen LogP contribution in [0.4, 0.5) is 0 Å². The van der Waals surface area contributed by atoms with Crippen LogP contribution in [0, 0.1) is 0 Å². The molecule has 1 heterocycles. The predicted molar refractivity (Wildman–Crippen MR) is 55.5 cm³/mol. The van der Waals surface area contributed by atoms with Crippen molar-refractivity contribution in [2.24, 2.45) is 5.73 Å². The average Bonchev–Trinajstić information content (AvgIpc) is 2.25. The third-order valence-electron chi connectivity index (χ3n) is 2.15. The average molecular weight is 209 g/mol. The van der Waals surface area contributed by atoms with Crippen molar-refractivity contribution in [3.05, 3.63) is 23.8 Å². The van der Waals surface area contributed by atoms with E-state index in [0.29, 0.717) is 30.9 Å². The molecule has 15 heavy (non-hydrogen) atoms. The first-order valence-corrected chi connectivity index (χ1v) is 4.93. The van der Waals surface area contributed by atoms with Crippen LogP contribution in [-0.2, 0) is 11.2 Å². The summed E-state index contributed by atoms with van der Waals surface area (Å²) in [5, 5.41) is 9.01. The Balaban J connectivity index is 2.94. The number of nitrogens with two attached hydrogens (primary N) is 1. The monoisotopic (exact) mass is 209 g/mol. The van der Waals surface area contributed by atoms with Gasteiger partial charge in [0.15, 0.2) is 0 Å². The number of aliphatic carboxylic acids is 1. The zero-order valence-electron chi connectivity index (χ0n) is 8.68. The van der Waals surface area contributed by atoms with E-state index in [1.807, 2.05) is 6.92 Å². The van der Waals surface area contributed by atoms with Gasteiger partial charge in [-0.1, -0.05) is 6.92 Å². The first-order chi connectivity index (χ1) is 7.19. The highest BCUT2D eigenvalue weighted by molar-refractivity contribution is 5.75. The number of aryl methyl sites for hydroxylation is 1. The van der Waals surface area contributed by atoms with Crippen LogP contribution in [0.2, 0.25) is 0 Å². The summed E-state index contributed by atoms with van der Waals surface area (Å²) in [6.45, 7) is 2.26. The normalized spacial score (nSPS) is 12.4. The van der Waals surface area contributed by atoms with Gasteiger partial charge in [-0.2, -0.15) is 0 Å². The summed E-state index contributed by atoms with van der Waals surface area (Å²) in [6.07, 6.45) is 2.69. The second-order valence-electron chi connectivity index (χ2n) is 3.22. The van der Waals surface area contributed by atoms with Crippen LogP contribution in [-0.4, -0.2) is 27.6 Å². The molecule has 5 heteroatoms. The van der Waals surface area contributed by atoms with Crippen LogP contribution in [0.3, 0.4) is 0 Å². The minimum absolute atomic E-state index is 0.336. The van der Waals surface area contributed by atoms with E-state index >= 15 is 0 Å². The first-order valence-electron chi connectivity index (χ1n) is 4.93. The highest BCUT2D eigenvalue weighted by Crippen LogP contribution is 2.16. The Labute approximate surface area is 88.4 Å². The summed E-state index contributed by atoms with van der Waals surface area (Å²) < 4.78 is 0. The Morgan fingerprint density at radius 1 is 1.67 bits per heavy atom. The lowest BCUT2D eigenvalue weighted by molar-refractivity contribution is -0.139. The van der Waals surface area contributed by atoms with Crippen LogP contribution >= 0.6 is 0 Å². The maximum atomic E-state index is 11.0. The van der Waals surface area contributed by atoms with Crippen molar-refractivity contribution in [2.75, 3.05) is 6.54 Å². The molecule has 0 aromatic carbocycles. The quantitative estimate of drug-likeness (QED) is 0.739. The lowest BCUT2D eigenvalue weighted by atomic mass is 10.0. The third-order valence-corrected chi connectivity index (χ3v) is 2.15. The number of nitrogens with zero attached hydrogens (tertiary/aromatic N) is 2. The van der Waals surface area contributed by atoms with Gasteiger partial charge in [0.1, 0.15) is 11.7 Å². The van der Waals surface area contributed by atoms with Gasteiger partial charge in [0, 0.05) is 12.6 Å². The number of rotatable bonds is 5. The van der Waals surface area contributed by atoms with Gasteiger partial charge >= 0.3 is 5.97 Å². The Kier molecular flexibility index (Phi) is 4.17. The maximum absolute atomic E-state index is 11.0. The van der Waals surface area contributed by atoms with E-state index in [1.54, 1.807) is 12.3 Å². The SMILES string of the molecule is CCc1nccc(C(CCN)C(=O)O)n1. The number of hydrogen-bond donors (Lipinski definition) is 2. The number of carboxylic acids is 1. The molecule has 1 rings (SSSR count). The topological polar surface area (TPSA) is 89.1 Å². The summed E-state index contributed by atoms with van der Waals surface area (Å²) in [5.74, 6) is -0.847. The minimum atomic E-state index is -0.888. The van der Waals surface area contributed by atoms with E-state index < -0.39 is 11.9 Å². The standard InChI is InChI=1S/C10H15N3O2/c1-2-9-12-6-4-8(13-9)7(3-5-11)10(14)15/h4,6-7H,2-3,5,11H2,1H3,(H,14,15). The van der Waals surface area contributed by atoms with Crippen LogP contribution < -0.4 is 5.73 Å². The Morgan fingerprint density at radius 2 is 2.40 bits per heavy atom. The molecule has 0 fully saturated rings. The fourth-order valence-corrected chi connectivity index (χ4v) is 1.34. The van der Waals surface area contributed by atoms with Crippen molar-refractivity contribution in [1.82, 2.24) is 9.97 Å². The molecule has 0 saturated heterocycles. The molecule has 0 radical (unpaired) electrons. The van der Waals surface area contributed by atoms with Gasteiger partial charge in [-0.3, -0.25) is 4.79 Å². The van der Waals surface area contributed by atoms with Gasteiger partial charge in [0.2, 0.25) is 0 Å². The van der Waals surface area contributed by atoms with Gasteiger partial charge in [-0.15, -0.1) is 0 Å². The molecule has 1 aromatic rings. The lowest BCUT2D eigenvalue weighted by Crippen LogP contribution is -2.18. The van der Waals surface area contributed by atoms with Crippen molar-refractivity contribution in [2.45, 2.75) is 25.7 Å². The van der Waals surface area contributed by atoms with Gasteiger partial charge in [-0.05, 0) is 19.0 Å². The van der Waals surface area contributed by atoms with Crippen LogP contribution in [0.25, 0.3) is 0 Å². The lowest BCUT2D eigenvalue weighted by Gasteiger charge is -2.10. The Bertz CT molecular complexity index is 341. The van der Waals surface area contributed by atoms with Crippen LogP contribution in [0.1, 0.15) is 30.8 Å². The van der Waals surface area contributed by atoms with E-state index in [0.717, 1.165) is 0 Å². The molecular formula is C10H15N3O2. The number of carbonyl (C=O) groups is 1. The molecule has 0 saturated carbocycles. The number of carboxylic acid groups (broad SMARTS) is 1. The largest absolute Gasteiger partial charge is 0.481 e. The fraction of sp³-hybridized carbons (Fsp3) is 0.500. The highest BCUT2D eigenvalue weighted by Gasteiger charge is 2.20. The molecule has 0 aliphatic carbocycles. The van der Waals surface area contributed by atoms with Crippen LogP contribution in [0.15, 0.2) is 12.3 Å². The van der Waals surface area contributed by atoms with Crippen molar-refractivity contribution in [1.29, 1.82) is 0 Å². The number of aromatic nitrogens is 2. The van der Waals surface area contributed by atoms with Crippen molar-refractivity contribution in [3.8, 4) is 0 Å². The molecule has 0 spiro atoms. The smallest absolute Gasteiger partial charge is 0.312 e. The zero-order valence-corrected chi connectivity index (χ0v) is 8.68. The molecular weight excluding hydrogens is 194 g/mol. The van der Waals surface area contributed by atoms with E-state index in [1.165, 1.54) is 0 Å². The van der Waals surface area contributed by atoms with Crippen LogP contribution in [0.5, 0.6) is 0 Å². The van der Waals surface area contributed by atoms with Crippen molar-refractivity contribution in [3.63, 3.8) is 0 Å². The molecule has 0 bridgehead atoms. The summed E-state index contributed by atoms with van der Waals surface area (Å²) in [7, 11) is 0. The van der Waals surface area contributed by atoms with Gasteiger partial charge < -0.3 is 10.8 Å². The summed E-state index contributed by atoms with van der Waals surface area (Å²) >= 11 is 0. The van der Waals surface area contributed by atoms with E-state index in [4.69, 9.17) is 10.8 Å². The Morgan fingerprint density at radius 3 is 2.93 bits per heavy atom. The summed E-state index contributed by atoms with van der Waals surface area (Å²) in [6, 6.07) is 1.63. The van der Waals surface area contributed by atoms with Gasteiger partial charge in [0.05, 0.1) is 5.69 Å². The molecule has 0 aliphatic heterocycles. The second kappa shape index (κ2) is 5.41. The predicted octanol–water partition coefficient (Wildman–Crippen LogP) is 0.556. The molecule has 0 amide bonds. The van der Waals surface area contributed by atoms with E-state index in [-0.39, 0.29) is 0 Å². The van der Waals surface area contributed by atoms with Crippen molar-refractivity contribution >= 4 is 5.97 Å². The highest BCUT2D eigenvalue weighted by atomic mass is 16.4. The molecule has 0 aliphatic rings. The van der Waals surface area contributed by atoms with E-state index in [9.17, 15) is 4.79 Å². The minimum Gasteiger partial charge on any atom is -0.481 e. The maximum Gasteiger partial charge on any atom is 0.312 e. The molecule has 82 valence electrons. The summed E-state index contributed by atoms with van der Waals surface area (Å²) in [5.41, 5.74) is 5.91. The molecule has 1 aromatic heterocycles. The second-order valence-corrected chi connectivity index (χ2v) is 3.22. The third kappa shape index (κ3) is 2.99. The first kappa shape index (κ1) is 11.6. The summed E-state index contributed by atoms with van der Waals surface area (Å²) in [4.78, 5) is 19.2. The number of hydrogen-bond acceptors (Lipinski definition) is 4. The molecule has 3 N–H and O–H groups in total.